The van der Waals surface area contributed by atoms with Crippen LogP contribution in [0.25, 0.3) is 6.08 Å². The Balaban J connectivity index is 1.26. The standard InChI is InChI=1S/C30H34N2O4/c1-31(25(34)12-9-19-5-3-2-4-6-19)22-13-14-30(35)24-17-21-10-11-23(33)27-26(21)29(30,28(22)36-27)15-16-32(24)18-20-7-8-20/h2-6,9-12,20,22,24,28,33,35H,7-8,13-18H2,1H3/b12-9+/t22-,24+,28+,29+,30-/m1/s1. The van der Waals surface area contributed by atoms with Crippen LogP contribution < -0.4 is 4.74 Å². The van der Waals surface area contributed by atoms with Crippen LogP contribution in [0.3, 0.4) is 0 Å². The number of hydrogen-bond acceptors (Lipinski definition) is 5. The summed E-state index contributed by atoms with van der Waals surface area (Å²) in [5.41, 5.74) is 1.62. The van der Waals surface area contributed by atoms with Gasteiger partial charge in [-0.25, -0.2) is 0 Å². The maximum Gasteiger partial charge on any atom is 0.246 e. The van der Waals surface area contributed by atoms with Gasteiger partial charge in [0.1, 0.15) is 6.10 Å². The smallest absolute Gasteiger partial charge is 0.246 e. The zero-order chi connectivity index (χ0) is 24.7. The Bertz CT molecular complexity index is 1240. The molecule has 3 aliphatic carbocycles. The second-order valence-corrected chi connectivity index (χ2v) is 11.6. The van der Waals surface area contributed by atoms with E-state index < -0.39 is 11.0 Å². The summed E-state index contributed by atoms with van der Waals surface area (Å²) in [7, 11) is 1.85. The molecule has 2 aliphatic heterocycles. The second-order valence-electron chi connectivity index (χ2n) is 11.6. The lowest BCUT2D eigenvalue weighted by molar-refractivity contribution is -0.200. The summed E-state index contributed by atoms with van der Waals surface area (Å²) in [5, 5.41) is 23.4. The first-order valence-electron chi connectivity index (χ1n) is 13.4. The Hall–Kier alpha value is -2.83. The van der Waals surface area contributed by atoms with Gasteiger partial charge in [-0.2, -0.15) is 0 Å². The molecule has 5 atom stereocenters. The number of phenolic OH excluding ortho intramolecular Hbond substituents is 1. The lowest BCUT2D eigenvalue weighted by Crippen LogP contribution is -2.78. The summed E-state index contributed by atoms with van der Waals surface area (Å²) in [4.78, 5) is 17.6. The van der Waals surface area contributed by atoms with Crippen LogP contribution in [0.2, 0.25) is 0 Å². The van der Waals surface area contributed by atoms with E-state index >= 15 is 0 Å². The van der Waals surface area contributed by atoms with E-state index in [9.17, 15) is 15.0 Å². The Kier molecular flexibility index (Phi) is 4.87. The summed E-state index contributed by atoms with van der Waals surface area (Å²) in [6.07, 6.45) is 8.51. The highest BCUT2D eigenvalue weighted by Crippen LogP contribution is 2.66. The van der Waals surface area contributed by atoms with Gasteiger partial charge in [-0.1, -0.05) is 36.4 Å². The van der Waals surface area contributed by atoms with Gasteiger partial charge in [0.25, 0.3) is 0 Å². The molecule has 2 aromatic rings. The van der Waals surface area contributed by atoms with E-state index in [4.69, 9.17) is 4.74 Å². The molecule has 6 nitrogen and oxygen atoms in total. The van der Waals surface area contributed by atoms with Crippen molar-refractivity contribution in [1.29, 1.82) is 0 Å². The van der Waals surface area contributed by atoms with Crippen LogP contribution >= 0.6 is 0 Å². The van der Waals surface area contributed by atoms with Gasteiger partial charge in [0, 0.05) is 31.3 Å². The number of piperidine rings is 1. The van der Waals surface area contributed by atoms with Crippen LogP contribution in [-0.2, 0) is 16.6 Å². The van der Waals surface area contributed by atoms with Gasteiger partial charge in [0.15, 0.2) is 11.5 Å². The maximum atomic E-state index is 13.3. The van der Waals surface area contributed by atoms with Crippen LogP contribution in [0.1, 0.15) is 48.8 Å². The molecule has 2 heterocycles. The molecule has 6 heteroatoms. The van der Waals surface area contributed by atoms with Crippen molar-refractivity contribution < 1.29 is 19.7 Å². The molecular formula is C30H34N2O4. The van der Waals surface area contributed by atoms with Crippen molar-refractivity contribution in [3.63, 3.8) is 0 Å². The zero-order valence-corrected chi connectivity index (χ0v) is 20.8. The molecule has 188 valence electrons. The third-order valence-corrected chi connectivity index (χ3v) is 9.79. The number of benzene rings is 2. The highest BCUT2D eigenvalue weighted by Gasteiger charge is 2.73. The molecule has 0 aromatic heterocycles. The minimum absolute atomic E-state index is 0.0425. The van der Waals surface area contributed by atoms with Crippen molar-refractivity contribution in [2.24, 2.45) is 5.92 Å². The highest BCUT2D eigenvalue weighted by molar-refractivity contribution is 5.92. The van der Waals surface area contributed by atoms with Crippen LogP contribution in [0.15, 0.2) is 48.5 Å². The largest absolute Gasteiger partial charge is 0.504 e. The number of nitrogens with zero attached hydrogens (tertiary/aromatic N) is 2. The lowest BCUT2D eigenvalue weighted by Gasteiger charge is -2.64. The number of carbonyl (C=O) groups excluding carboxylic acids is 1. The molecule has 36 heavy (non-hydrogen) atoms. The predicted octanol–water partition coefficient (Wildman–Crippen LogP) is 3.50. The number of amides is 1. The van der Waals surface area contributed by atoms with Gasteiger partial charge in [-0.15, -0.1) is 0 Å². The summed E-state index contributed by atoms with van der Waals surface area (Å²) < 4.78 is 6.60. The molecule has 2 N–H and O–H groups in total. The third-order valence-electron chi connectivity index (χ3n) is 9.79. The number of hydrogen-bond donors (Lipinski definition) is 2. The van der Waals surface area contributed by atoms with Gasteiger partial charge in [-0.3, -0.25) is 9.69 Å². The summed E-state index contributed by atoms with van der Waals surface area (Å²) in [6, 6.07) is 13.4. The summed E-state index contributed by atoms with van der Waals surface area (Å²) in [6.45, 7) is 1.97. The van der Waals surface area contributed by atoms with Gasteiger partial charge < -0.3 is 19.8 Å². The molecule has 7 rings (SSSR count). The molecule has 0 radical (unpaired) electrons. The molecule has 3 fully saturated rings. The van der Waals surface area contributed by atoms with E-state index in [0.717, 1.165) is 43.0 Å². The molecular weight excluding hydrogens is 452 g/mol. The van der Waals surface area contributed by atoms with Crippen LogP contribution in [0, 0.1) is 5.92 Å². The fourth-order valence-corrected chi connectivity index (χ4v) is 7.86. The fraction of sp³-hybridized carbons (Fsp3) is 0.500. The van der Waals surface area contributed by atoms with Crippen molar-refractivity contribution in [2.45, 2.75) is 67.7 Å². The van der Waals surface area contributed by atoms with E-state index in [2.05, 4.69) is 4.90 Å². The highest BCUT2D eigenvalue weighted by atomic mass is 16.5. The minimum atomic E-state index is -0.933. The number of likely N-dealkylation sites (N-methyl/N-ethyl adjacent to an activating group) is 1. The Morgan fingerprint density at radius 1 is 1.17 bits per heavy atom. The van der Waals surface area contributed by atoms with Crippen molar-refractivity contribution in [3.05, 3.63) is 65.2 Å². The molecule has 2 saturated carbocycles. The monoisotopic (exact) mass is 486 g/mol. The number of aliphatic hydroxyl groups is 1. The maximum absolute atomic E-state index is 13.3. The number of likely N-dealkylation sites (tertiary alicyclic amines) is 1. The molecule has 2 bridgehead atoms. The molecule has 5 aliphatic rings. The fourth-order valence-electron chi connectivity index (χ4n) is 7.86. The second kappa shape index (κ2) is 7.83. The van der Waals surface area contributed by atoms with Gasteiger partial charge in [0.2, 0.25) is 5.91 Å². The van der Waals surface area contributed by atoms with E-state index in [0.29, 0.717) is 18.6 Å². The first-order valence-corrected chi connectivity index (χ1v) is 13.4. The van der Waals surface area contributed by atoms with E-state index in [-0.39, 0.29) is 29.8 Å². The summed E-state index contributed by atoms with van der Waals surface area (Å²) in [5.74, 6) is 1.34. The number of carbonyl (C=O) groups is 1. The molecule has 1 amide bonds. The Labute approximate surface area is 212 Å². The zero-order valence-electron chi connectivity index (χ0n) is 20.8. The van der Waals surface area contributed by atoms with Crippen LogP contribution in [0.4, 0.5) is 0 Å². The normalized spacial score (nSPS) is 34.3. The summed E-state index contributed by atoms with van der Waals surface area (Å²) >= 11 is 0. The topological polar surface area (TPSA) is 73.2 Å². The quantitative estimate of drug-likeness (QED) is 0.633. The van der Waals surface area contributed by atoms with Crippen molar-refractivity contribution in [3.8, 4) is 11.5 Å². The van der Waals surface area contributed by atoms with E-state index in [1.807, 2.05) is 49.5 Å². The Morgan fingerprint density at radius 2 is 1.97 bits per heavy atom. The molecule has 2 aromatic carbocycles. The molecule has 1 saturated heterocycles. The average molecular weight is 487 g/mol. The first kappa shape index (κ1) is 22.4. The SMILES string of the molecule is CN(C(=O)/C=C/c1ccccc1)[C@@H]1CC[C@@]2(O)[C@@H]3Cc4ccc(O)c5c4[C@@]2(CCN3CC2CC2)[C@H]1O5. The number of rotatable bonds is 5. The average Bonchev–Trinajstić information content (AvgIpc) is 3.63. The van der Waals surface area contributed by atoms with Gasteiger partial charge >= 0.3 is 0 Å². The Morgan fingerprint density at radius 3 is 2.75 bits per heavy atom. The van der Waals surface area contributed by atoms with Crippen molar-refractivity contribution in [2.75, 3.05) is 20.1 Å². The van der Waals surface area contributed by atoms with E-state index in [1.165, 1.54) is 18.4 Å². The van der Waals surface area contributed by atoms with Crippen molar-refractivity contribution in [1.82, 2.24) is 9.80 Å². The first-order chi connectivity index (χ1) is 17.4. The van der Waals surface area contributed by atoms with E-state index in [1.54, 1.807) is 17.0 Å². The van der Waals surface area contributed by atoms with Crippen LogP contribution in [0.5, 0.6) is 11.5 Å². The van der Waals surface area contributed by atoms with Gasteiger partial charge in [-0.05, 0) is 74.3 Å². The van der Waals surface area contributed by atoms with Crippen LogP contribution in [-0.4, -0.2) is 69.8 Å². The predicted molar refractivity (Wildman–Crippen MR) is 137 cm³/mol. The molecule has 0 unspecified atom stereocenters. The van der Waals surface area contributed by atoms with Crippen molar-refractivity contribution >= 4 is 12.0 Å². The molecule has 1 spiro atoms. The third kappa shape index (κ3) is 3.00. The minimum Gasteiger partial charge on any atom is -0.504 e. The lowest BCUT2D eigenvalue weighted by atomic mass is 9.48. The number of phenols is 1. The number of aromatic hydroxyl groups is 1. The van der Waals surface area contributed by atoms with Gasteiger partial charge in [0.05, 0.1) is 17.1 Å². The number of ether oxygens (including phenoxy) is 1.